The largest absolute Gasteiger partial charge is 0.424 e. The lowest BCUT2D eigenvalue weighted by Gasteiger charge is -2.21. The van der Waals surface area contributed by atoms with Crippen LogP contribution in [0.2, 0.25) is 0 Å². The summed E-state index contributed by atoms with van der Waals surface area (Å²) in [5.41, 5.74) is 0. The predicted octanol–water partition coefficient (Wildman–Crippen LogP) is 2.62. The van der Waals surface area contributed by atoms with Gasteiger partial charge in [0.1, 0.15) is 0 Å². The second-order valence-corrected chi connectivity index (χ2v) is 6.19. The van der Waals surface area contributed by atoms with E-state index < -0.39 is 0 Å². The van der Waals surface area contributed by atoms with Crippen molar-refractivity contribution in [2.75, 3.05) is 6.54 Å². The molecule has 22 heavy (non-hydrogen) atoms. The highest BCUT2D eigenvalue weighted by atomic mass is 16.5. The maximum Gasteiger partial charge on any atom is 0.230 e. The Labute approximate surface area is 129 Å². The van der Waals surface area contributed by atoms with Gasteiger partial charge in [-0.05, 0) is 32.2 Å². The highest BCUT2D eigenvalue weighted by Crippen LogP contribution is 2.36. The molecule has 0 spiro atoms. The smallest absolute Gasteiger partial charge is 0.230 e. The molecule has 1 atom stereocenters. The summed E-state index contributed by atoms with van der Waals surface area (Å²) in [6, 6.07) is 0.197. The molecular formula is C15H21N5O2. The molecule has 0 radical (unpaired) electrons. The predicted molar refractivity (Wildman–Crippen MR) is 77.0 cm³/mol. The second kappa shape index (κ2) is 5.79. The summed E-state index contributed by atoms with van der Waals surface area (Å²) < 4.78 is 11.1. The van der Waals surface area contributed by atoms with E-state index >= 15 is 0 Å². The Morgan fingerprint density at radius 2 is 2.05 bits per heavy atom. The molecule has 2 aliphatic rings. The monoisotopic (exact) mass is 303 g/mol. The van der Waals surface area contributed by atoms with E-state index in [4.69, 9.17) is 8.94 Å². The third-order valence-electron chi connectivity index (χ3n) is 4.72. The number of rotatable bonds is 5. The van der Waals surface area contributed by atoms with Gasteiger partial charge in [0.15, 0.2) is 5.82 Å². The Morgan fingerprint density at radius 1 is 1.14 bits per heavy atom. The van der Waals surface area contributed by atoms with Crippen LogP contribution in [0.1, 0.15) is 74.5 Å². The van der Waals surface area contributed by atoms with Crippen LogP contribution in [0.15, 0.2) is 8.94 Å². The zero-order chi connectivity index (χ0) is 14.9. The standard InChI is InChI=1S/C15H21N5O2/c1-2-12-16-14(19-22-12)11-7-4-8-20(11)9-13-17-18-15(21-13)10-5-3-6-10/h10-11H,2-9H2,1H3/t11-/m0/s1. The van der Waals surface area contributed by atoms with Crippen molar-refractivity contribution >= 4 is 0 Å². The number of hydrogen-bond acceptors (Lipinski definition) is 7. The van der Waals surface area contributed by atoms with E-state index in [0.29, 0.717) is 24.2 Å². The number of hydrogen-bond donors (Lipinski definition) is 0. The van der Waals surface area contributed by atoms with Gasteiger partial charge in [0.05, 0.1) is 12.6 Å². The third-order valence-corrected chi connectivity index (χ3v) is 4.72. The zero-order valence-electron chi connectivity index (χ0n) is 12.9. The third kappa shape index (κ3) is 2.54. The van der Waals surface area contributed by atoms with Crippen LogP contribution >= 0.6 is 0 Å². The molecule has 0 N–H and O–H groups in total. The van der Waals surface area contributed by atoms with E-state index in [0.717, 1.165) is 37.5 Å². The lowest BCUT2D eigenvalue weighted by molar-refractivity contribution is 0.206. The summed E-state index contributed by atoms with van der Waals surface area (Å²) in [6.45, 7) is 3.69. The molecule has 1 saturated carbocycles. The molecule has 0 bridgehead atoms. The zero-order valence-corrected chi connectivity index (χ0v) is 12.9. The SMILES string of the molecule is CCc1nc([C@@H]2CCCN2Cc2nnc(C3CCC3)o2)no1. The molecule has 4 rings (SSSR count). The molecule has 0 unspecified atom stereocenters. The average molecular weight is 303 g/mol. The minimum Gasteiger partial charge on any atom is -0.424 e. The van der Waals surface area contributed by atoms with E-state index in [2.05, 4.69) is 25.2 Å². The van der Waals surface area contributed by atoms with Gasteiger partial charge >= 0.3 is 0 Å². The van der Waals surface area contributed by atoms with Crippen LogP contribution in [-0.4, -0.2) is 31.8 Å². The van der Waals surface area contributed by atoms with Crippen molar-refractivity contribution in [2.24, 2.45) is 0 Å². The van der Waals surface area contributed by atoms with Gasteiger partial charge in [-0.3, -0.25) is 4.90 Å². The van der Waals surface area contributed by atoms with Crippen LogP contribution in [-0.2, 0) is 13.0 Å². The lowest BCUT2D eigenvalue weighted by atomic mass is 9.85. The minimum atomic E-state index is 0.197. The van der Waals surface area contributed by atoms with Crippen molar-refractivity contribution in [3.05, 3.63) is 23.5 Å². The Bertz CT molecular complexity index is 633. The first-order chi connectivity index (χ1) is 10.8. The van der Waals surface area contributed by atoms with Crippen LogP contribution in [0.3, 0.4) is 0 Å². The fourth-order valence-corrected chi connectivity index (χ4v) is 3.18. The number of aryl methyl sites for hydroxylation is 1. The van der Waals surface area contributed by atoms with Crippen LogP contribution in [0.5, 0.6) is 0 Å². The number of nitrogens with zero attached hydrogens (tertiary/aromatic N) is 5. The molecule has 118 valence electrons. The average Bonchev–Trinajstić information content (AvgIpc) is 3.17. The molecule has 1 aliphatic heterocycles. The Balaban J connectivity index is 1.45. The van der Waals surface area contributed by atoms with Crippen molar-refractivity contribution in [1.82, 2.24) is 25.2 Å². The van der Waals surface area contributed by atoms with E-state index in [9.17, 15) is 0 Å². The quantitative estimate of drug-likeness (QED) is 0.839. The summed E-state index contributed by atoms with van der Waals surface area (Å²) in [7, 11) is 0. The molecule has 2 aromatic heterocycles. The first-order valence-electron chi connectivity index (χ1n) is 8.22. The summed E-state index contributed by atoms with van der Waals surface area (Å²) in [5.74, 6) is 3.48. The Kier molecular flexibility index (Phi) is 3.65. The van der Waals surface area contributed by atoms with Crippen molar-refractivity contribution < 1.29 is 8.94 Å². The summed E-state index contributed by atoms with van der Waals surface area (Å²) in [5, 5.41) is 12.5. The Morgan fingerprint density at radius 3 is 2.77 bits per heavy atom. The molecule has 2 aromatic rings. The van der Waals surface area contributed by atoms with Gasteiger partial charge in [-0.15, -0.1) is 10.2 Å². The molecule has 1 aliphatic carbocycles. The van der Waals surface area contributed by atoms with E-state index in [-0.39, 0.29) is 6.04 Å². The fourth-order valence-electron chi connectivity index (χ4n) is 3.18. The number of aromatic nitrogens is 4. The van der Waals surface area contributed by atoms with Gasteiger partial charge in [-0.1, -0.05) is 18.5 Å². The maximum atomic E-state index is 5.83. The maximum absolute atomic E-state index is 5.83. The first kappa shape index (κ1) is 13.9. The van der Waals surface area contributed by atoms with Gasteiger partial charge in [-0.25, -0.2) is 0 Å². The molecular weight excluding hydrogens is 282 g/mol. The minimum absolute atomic E-state index is 0.197. The van der Waals surface area contributed by atoms with E-state index in [1.54, 1.807) is 0 Å². The normalized spacial score (nSPS) is 23.0. The molecule has 0 aromatic carbocycles. The summed E-state index contributed by atoms with van der Waals surface area (Å²) in [4.78, 5) is 6.78. The van der Waals surface area contributed by atoms with Crippen molar-refractivity contribution in [1.29, 1.82) is 0 Å². The van der Waals surface area contributed by atoms with E-state index in [1.807, 2.05) is 6.92 Å². The van der Waals surface area contributed by atoms with Crippen molar-refractivity contribution in [2.45, 2.75) is 64.0 Å². The van der Waals surface area contributed by atoms with Crippen LogP contribution in [0.4, 0.5) is 0 Å². The fraction of sp³-hybridized carbons (Fsp3) is 0.733. The van der Waals surface area contributed by atoms with Crippen molar-refractivity contribution in [3.63, 3.8) is 0 Å². The summed E-state index contributed by atoms with van der Waals surface area (Å²) in [6.07, 6.45) is 6.58. The molecule has 7 nitrogen and oxygen atoms in total. The first-order valence-corrected chi connectivity index (χ1v) is 8.22. The molecule has 1 saturated heterocycles. The molecule has 2 fully saturated rings. The van der Waals surface area contributed by atoms with Crippen LogP contribution in [0.25, 0.3) is 0 Å². The second-order valence-electron chi connectivity index (χ2n) is 6.19. The molecule has 3 heterocycles. The summed E-state index contributed by atoms with van der Waals surface area (Å²) >= 11 is 0. The molecule has 7 heteroatoms. The van der Waals surface area contributed by atoms with Gasteiger partial charge < -0.3 is 8.94 Å². The van der Waals surface area contributed by atoms with Crippen molar-refractivity contribution in [3.8, 4) is 0 Å². The van der Waals surface area contributed by atoms with Gasteiger partial charge in [-0.2, -0.15) is 4.98 Å². The number of likely N-dealkylation sites (tertiary alicyclic amines) is 1. The van der Waals surface area contributed by atoms with Crippen LogP contribution < -0.4 is 0 Å². The van der Waals surface area contributed by atoms with Crippen LogP contribution in [0, 0.1) is 0 Å². The van der Waals surface area contributed by atoms with Gasteiger partial charge in [0, 0.05) is 12.3 Å². The molecule has 0 amide bonds. The van der Waals surface area contributed by atoms with E-state index in [1.165, 1.54) is 19.3 Å². The highest BCUT2D eigenvalue weighted by Gasteiger charge is 2.32. The highest BCUT2D eigenvalue weighted by molar-refractivity contribution is 5.00. The Hall–Kier alpha value is -1.76. The topological polar surface area (TPSA) is 81.1 Å². The van der Waals surface area contributed by atoms with Gasteiger partial charge in [0.2, 0.25) is 17.7 Å². The van der Waals surface area contributed by atoms with Gasteiger partial charge in [0.25, 0.3) is 0 Å². The lowest BCUT2D eigenvalue weighted by Crippen LogP contribution is -2.23.